The van der Waals surface area contributed by atoms with Crippen LogP contribution in [0.25, 0.3) is 11.1 Å². The first kappa shape index (κ1) is 23.1. The number of quaternary nitrogens is 1. The van der Waals surface area contributed by atoms with Gasteiger partial charge in [0.1, 0.15) is 10.6 Å². The van der Waals surface area contributed by atoms with E-state index in [1.807, 2.05) is 35.7 Å². The van der Waals surface area contributed by atoms with E-state index in [-0.39, 0.29) is 12.5 Å². The summed E-state index contributed by atoms with van der Waals surface area (Å²) in [6.07, 6.45) is 0. The van der Waals surface area contributed by atoms with Gasteiger partial charge in [0.05, 0.1) is 19.7 Å². The van der Waals surface area contributed by atoms with Crippen molar-refractivity contribution in [2.24, 2.45) is 11.8 Å². The Balaban J connectivity index is 2.23. The third-order valence-electron chi connectivity index (χ3n) is 4.41. The summed E-state index contributed by atoms with van der Waals surface area (Å²) in [5, 5.41) is 5.44. The molecule has 0 aliphatic carbocycles. The van der Waals surface area contributed by atoms with Crippen molar-refractivity contribution in [1.82, 2.24) is 0 Å². The van der Waals surface area contributed by atoms with Gasteiger partial charge in [-0.05, 0) is 12.5 Å². The quantitative estimate of drug-likeness (QED) is 0.579. The predicted octanol–water partition coefficient (Wildman–Crippen LogP) is 3.73. The second kappa shape index (κ2) is 11.1. The lowest BCUT2D eigenvalue weighted by molar-refractivity contribution is -0.897. The zero-order valence-corrected chi connectivity index (χ0v) is 18.9. The van der Waals surface area contributed by atoms with Crippen LogP contribution in [-0.2, 0) is 9.53 Å². The number of hydrogen-bond acceptors (Lipinski definition) is 4. The molecular weight excluding hydrogens is 384 g/mol. The van der Waals surface area contributed by atoms with Gasteiger partial charge in [-0.3, -0.25) is 4.79 Å². The fraction of sp³-hybridized carbons (Fsp3) is 0.478. The fourth-order valence-electron chi connectivity index (χ4n) is 3.47. The molecule has 2 N–H and O–H groups in total. The van der Waals surface area contributed by atoms with E-state index >= 15 is 0 Å². The molecule has 0 aliphatic heterocycles. The third kappa shape index (κ3) is 6.98. The van der Waals surface area contributed by atoms with Gasteiger partial charge in [-0.25, -0.2) is 4.79 Å². The van der Waals surface area contributed by atoms with Crippen molar-refractivity contribution >= 4 is 28.2 Å². The lowest BCUT2D eigenvalue weighted by Crippen LogP contribution is -3.14. The van der Waals surface area contributed by atoms with Gasteiger partial charge in [0.2, 0.25) is 0 Å². The maximum atomic E-state index is 12.8. The number of carbonyl (C=O) groups is 2. The van der Waals surface area contributed by atoms with Crippen LogP contribution in [0.5, 0.6) is 0 Å². The van der Waals surface area contributed by atoms with E-state index in [0.29, 0.717) is 28.9 Å². The van der Waals surface area contributed by atoms with Gasteiger partial charge in [-0.1, -0.05) is 58.0 Å². The maximum Gasteiger partial charge on any atom is 0.341 e. The van der Waals surface area contributed by atoms with Crippen molar-refractivity contribution < 1.29 is 19.2 Å². The Morgan fingerprint density at radius 2 is 1.69 bits per heavy atom. The highest BCUT2D eigenvalue weighted by molar-refractivity contribution is 7.15. The van der Waals surface area contributed by atoms with Crippen LogP contribution in [0.4, 0.5) is 5.00 Å². The molecule has 0 spiro atoms. The number of nitrogens with one attached hydrogen (secondary N) is 2. The summed E-state index contributed by atoms with van der Waals surface area (Å²) >= 11 is 1.37. The Bertz CT molecular complexity index is 790. The van der Waals surface area contributed by atoms with Crippen LogP contribution >= 0.6 is 11.3 Å². The molecule has 5 nitrogen and oxygen atoms in total. The van der Waals surface area contributed by atoms with Crippen LogP contribution in [0, 0.1) is 11.8 Å². The summed E-state index contributed by atoms with van der Waals surface area (Å²) in [6, 6.07) is 9.70. The van der Waals surface area contributed by atoms with Crippen LogP contribution in [0.1, 0.15) is 45.0 Å². The molecule has 1 heterocycles. The Morgan fingerprint density at radius 3 is 2.24 bits per heavy atom. The summed E-state index contributed by atoms with van der Waals surface area (Å²) in [5.74, 6) is 0.543. The summed E-state index contributed by atoms with van der Waals surface area (Å²) in [6.45, 7) is 13.0. The number of carbonyl (C=O) groups excluding carboxylic acids is 2. The van der Waals surface area contributed by atoms with Crippen molar-refractivity contribution in [3.8, 4) is 11.1 Å². The topological polar surface area (TPSA) is 59.8 Å². The van der Waals surface area contributed by atoms with Gasteiger partial charge in [-0.15, -0.1) is 11.3 Å². The van der Waals surface area contributed by atoms with Crippen molar-refractivity contribution in [3.63, 3.8) is 0 Å². The number of hydrogen-bond donors (Lipinski definition) is 2. The molecule has 2 rings (SSSR count). The molecule has 0 atom stereocenters. The van der Waals surface area contributed by atoms with Gasteiger partial charge in [0.25, 0.3) is 5.91 Å². The van der Waals surface area contributed by atoms with Gasteiger partial charge in [0.15, 0.2) is 6.54 Å². The molecule has 0 saturated carbocycles. The average Bonchev–Trinajstić information content (AvgIpc) is 3.04. The molecule has 1 aromatic carbocycles. The number of amides is 1. The first-order valence-corrected chi connectivity index (χ1v) is 11.2. The number of thiophene rings is 1. The van der Waals surface area contributed by atoms with Gasteiger partial charge in [-0.2, -0.15) is 0 Å². The highest BCUT2D eigenvalue weighted by atomic mass is 32.1. The maximum absolute atomic E-state index is 12.8. The Labute approximate surface area is 178 Å². The molecular formula is C23H33N2O3S+. The molecule has 2 aromatic rings. The number of anilines is 1. The smallest absolute Gasteiger partial charge is 0.341 e. The van der Waals surface area contributed by atoms with Crippen molar-refractivity contribution in [2.45, 2.75) is 34.6 Å². The number of benzene rings is 1. The lowest BCUT2D eigenvalue weighted by atomic mass is 10.0. The van der Waals surface area contributed by atoms with Gasteiger partial charge < -0.3 is 15.0 Å². The molecule has 6 heteroatoms. The lowest BCUT2D eigenvalue weighted by Gasteiger charge is -2.22. The predicted molar refractivity (Wildman–Crippen MR) is 120 cm³/mol. The first-order valence-electron chi connectivity index (χ1n) is 10.3. The van der Waals surface area contributed by atoms with Gasteiger partial charge in [0, 0.05) is 22.8 Å². The normalized spacial score (nSPS) is 11.3. The van der Waals surface area contributed by atoms with Crippen molar-refractivity contribution in [3.05, 3.63) is 41.3 Å². The highest BCUT2D eigenvalue weighted by Crippen LogP contribution is 2.36. The second-order valence-corrected chi connectivity index (χ2v) is 8.99. The SMILES string of the molecule is CCOC(=O)c1c(-c2ccccc2)csc1NC(=O)C[NH+](CC(C)C)CC(C)C. The van der Waals surface area contributed by atoms with E-state index in [1.165, 1.54) is 16.2 Å². The Hall–Kier alpha value is -2.18. The molecule has 1 aromatic heterocycles. The van der Waals surface area contributed by atoms with Crippen LogP contribution in [0.2, 0.25) is 0 Å². The first-order chi connectivity index (χ1) is 13.8. The molecule has 0 bridgehead atoms. The summed E-state index contributed by atoms with van der Waals surface area (Å²) in [7, 11) is 0. The van der Waals surface area contributed by atoms with E-state index in [2.05, 4.69) is 33.0 Å². The minimum atomic E-state index is -0.406. The molecule has 158 valence electrons. The van der Waals surface area contributed by atoms with Crippen molar-refractivity contribution in [2.75, 3.05) is 31.6 Å². The van der Waals surface area contributed by atoms with Gasteiger partial charge >= 0.3 is 5.97 Å². The average molecular weight is 418 g/mol. The number of rotatable bonds is 10. The van der Waals surface area contributed by atoms with E-state index in [9.17, 15) is 9.59 Å². The van der Waals surface area contributed by atoms with Crippen LogP contribution < -0.4 is 10.2 Å². The fourth-order valence-corrected chi connectivity index (χ4v) is 4.44. The molecule has 0 unspecified atom stereocenters. The molecule has 0 saturated heterocycles. The number of ether oxygens (including phenoxy) is 1. The standard InChI is InChI=1S/C23H32N2O3S/c1-6-28-23(27)21-19(18-10-8-7-9-11-18)15-29-22(21)24-20(26)14-25(12-16(2)3)13-17(4)5/h7-11,15-17H,6,12-14H2,1-5H3,(H,24,26)/p+1. The monoisotopic (exact) mass is 417 g/mol. The van der Waals surface area contributed by atoms with E-state index in [4.69, 9.17) is 4.74 Å². The minimum absolute atomic E-state index is 0.0756. The Kier molecular flexibility index (Phi) is 8.86. The van der Waals surface area contributed by atoms with E-state index in [0.717, 1.165) is 24.2 Å². The molecule has 1 amide bonds. The zero-order valence-electron chi connectivity index (χ0n) is 18.1. The summed E-state index contributed by atoms with van der Waals surface area (Å²) < 4.78 is 5.27. The van der Waals surface area contributed by atoms with Crippen LogP contribution in [0.15, 0.2) is 35.7 Å². The summed E-state index contributed by atoms with van der Waals surface area (Å²) in [5.41, 5.74) is 2.16. The van der Waals surface area contributed by atoms with E-state index in [1.54, 1.807) is 6.92 Å². The summed E-state index contributed by atoms with van der Waals surface area (Å²) in [4.78, 5) is 26.7. The highest BCUT2D eigenvalue weighted by Gasteiger charge is 2.24. The van der Waals surface area contributed by atoms with Crippen molar-refractivity contribution in [1.29, 1.82) is 0 Å². The molecule has 0 radical (unpaired) electrons. The van der Waals surface area contributed by atoms with Crippen LogP contribution in [-0.4, -0.2) is 38.1 Å². The zero-order chi connectivity index (χ0) is 21.4. The Morgan fingerprint density at radius 1 is 1.07 bits per heavy atom. The number of esters is 1. The molecule has 0 aliphatic rings. The second-order valence-electron chi connectivity index (χ2n) is 8.11. The molecule has 29 heavy (non-hydrogen) atoms. The third-order valence-corrected chi connectivity index (χ3v) is 5.31. The minimum Gasteiger partial charge on any atom is -0.462 e. The molecule has 0 fully saturated rings. The van der Waals surface area contributed by atoms with Crippen LogP contribution in [0.3, 0.4) is 0 Å². The largest absolute Gasteiger partial charge is 0.462 e. The van der Waals surface area contributed by atoms with E-state index < -0.39 is 5.97 Å².